The minimum absolute atomic E-state index is 0.00186. The van der Waals surface area contributed by atoms with Crippen LogP contribution in [-0.4, -0.2) is 6.71 Å². The molecule has 3 aliphatic carbocycles. The standard InChI is InChI=1S/C67H77BN2S/c1-40-22-25-53-52(32-40)68-58-55(33-42(61(2,3)4)34-56(58)70(53)54-38-50-48(64(9,10)28-30-66(50,13)14)36-44(54)41-20-18-17-19-21-41)69(43-23-24-46-47(35-43)63(7,8)27-26-62(46,5)6)59-45-37-49-51(39-57(45)71-60(59)68)67(15,16)31-29-65(49,11)12/h17-25,32-39H,26-31H2,1-16H3/i1D3. The fourth-order valence-corrected chi connectivity index (χ4v) is 15.2. The Balaban J connectivity index is 1.25. The van der Waals surface area contributed by atoms with Crippen LogP contribution in [0.5, 0.6) is 0 Å². The lowest BCUT2D eigenvalue weighted by atomic mass is 9.36. The molecule has 364 valence electrons. The first-order valence-corrected chi connectivity index (χ1v) is 27.7. The molecule has 0 saturated heterocycles. The molecule has 0 bridgehead atoms. The average molecular weight is 956 g/mol. The summed E-state index contributed by atoms with van der Waals surface area (Å²) in [4.78, 5) is 5.25. The zero-order chi connectivity index (χ0) is 52.8. The van der Waals surface area contributed by atoms with E-state index < -0.39 is 6.85 Å². The summed E-state index contributed by atoms with van der Waals surface area (Å²) in [6.45, 7) is 33.8. The molecular formula is C67H77BN2S. The summed E-state index contributed by atoms with van der Waals surface area (Å²) in [6.07, 6.45) is 6.79. The van der Waals surface area contributed by atoms with Crippen molar-refractivity contribution in [1.82, 2.24) is 0 Å². The smallest absolute Gasteiger partial charge is 0.264 e. The number of anilines is 6. The van der Waals surface area contributed by atoms with Crippen LogP contribution in [0.25, 0.3) is 21.2 Å². The third kappa shape index (κ3) is 6.98. The molecule has 71 heavy (non-hydrogen) atoms. The Hall–Kier alpha value is -5.06. The molecule has 4 heteroatoms. The SMILES string of the molecule is [2H]C([2H])([2H])c1ccc2c(c1)B1c3sc4cc5c(cc4c3N(c3ccc4c(c3)C(C)(C)CCC4(C)C)c3cc(C(C)(C)C)cc(c31)N2c1cc2c(cc1-c1ccccc1)C(C)(C)CCC2(C)C)C(C)(C)CCC5(C)C. The highest BCUT2D eigenvalue weighted by atomic mass is 32.1. The second-order valence-corrected chi connectivity index (χ2v) is 28.7. The van der Waals surface area contributed by atoms with Crippen molar-refractivity contribution in [3.05, 3.63) is 148 Å². The van der Waals surface area contributed by atoms with Crippen LogP contribution in [0, 0.1) is 6.85 Å². The zero-order valence-corrected chi connectivity index (χ0v) is 46.3. The maximum atomic E-state index is 8.95. The molecule has 0 spiro atoms. The monoisotopic (exact) mass is 956 g/mol. The van der Waals surface area contributed by atoms with Gasteiger partial charge in [0.25, 0.3) is 6.71 Å². The van der Waals surface area contributed by atoms with Gasteiger partial charge in [0.2, 0.25) is 0 Å². The van der Waals surface area contributed by atoms with Gasteiger partial charge in [-0.3, -0.25) is 0 Å². The second-order valence-electron chi connectivity index (χ2n) is 27.6. The minimum Gasteiger partial charge on any atom is -0.311 e. The largest absolute Gasteiger partial charge is 0.311 e. The highest BCUT2D eigenvalue weighted by Crippen LogP contribution is 2.57. The summed E-state index contributed by atoms with van der Waals surface area (Å²) in [5.41, 5.74) is 21.8. The summed E-state index contributed by atoms with van der Waals surface area (Å²) in [5.74, 6) is 0. The van der Waals surface area contributed by atoms with Crippen LogP contribution in [0.1, 0.15) is 191 Å². The second kappa shape index (κ2) is 15.0. The van der Waals surface area contributed by atoms with Gasteiger partial charge in [-0.2, -0.15) is 0 Å². The molecule has 0 unspecified atom stereocenters. The van der Waals surface area contributed by atoms with Crippen LogP contribution in [0.15, 0.2) is 103 Å². The topological polar surface area (TPSA) is 6.48 Å². The first kappa shape index (κ1) is 43.5. The summed E-state index contributed by atoms with van der Waals surface area (Å²) in [7, 11) is 0. The predicted molar refractivity (Wildman–Crippen MR) is 311 cm³/mol. The van der Waals surface area contributed by atoms with Crippen LogP contribution in [0.3, 0.4) is 0 Å². The molecule has 7 aromatic rings. The minimum atomic E-state index is -2.29. The highest BCUT2D eigenvalue weighted by Gasteiger charge is 2.49. The Labute approximate surface area is 435 Å². The van der Waals surface area contributed by atoms with Crippen molar-refractivity contribution in [2.45, 2.75) is 187 Å². The van der Waals surface area contributed by atoms with Gasteiger partial charge < -0.3 is 9.80 Å². The molecule has 2 aliphatic heterocycles. The Morgan fingerprint density at radius 3 is 1.63 bits per heavy atom. The molecule has 2 nitrogen and oxygen atoms in total. The van der Waals surface area contributed by atoms with Gasteiger partial charge in [0.15, 0.2) is 0 Å². The van der Waals surface area contributed by atoms with E-state index in [9.17, 15) is 0 Å². The molecule has 5 aliphatic rings. The summed E-state index contributed by atoms with van der Waals surface area (Å²) < 4.78 is 29.5. The lowest BCUT2D eigenvalue weighted by molar-refractivity contribution is 0.332. The number of hydrogen-bond acceptors (Lipinski definition) is 3. The number of aryl methyl sites for hydroxylation is 1. The van der Waals surface area contributed by atoms with E-state index in [0.29, 0.717) is 5.56 Å². The van der Waals surface area contributed by atoms with E-state index >= 15 is 0 Å². The lowest BCUT2D eigenvalue weighted by Crippen LogP contribution is -2.60. The fourth-order valence-electron chi connectivity index (χ4n) is 13.9. The molecule has 0 saturated carbocycles. The van der Waals surface area contributed by atoms with Gasteiger partial charge in [0, 0.05) is 47.3 Å². The molecule has 0 amide bonds. The molecule has 6 aromatic carbocycles. The van der Waals surface area contributed by atoms with Gasteiger partial charge >= 0.3 is 0 Å². The van der Waals surface area contributed by atoms with Crippen LogP contribution < -0.4 is 25.5 Å². The summed E-state index contributed by atoms with van der Waals surface area (Å²) in [6, 6.07) is 39.8. The van der Waals surface area contributed by atoms with E-state index in [1.165, 1.54) is 93.1 Å². The molecule has 0 fully saturated rings. The Morgan fingerprint density at radius 1 is 0.507 bits per heavy atom. The van der Waals surface area contributed by atoms with Crippen molar-refractivity contribution in [2.75, 3.05) is 9.80 Å². The Bertz CT molecular complexity index is 3510. The van der Waals surface area contributed by atoms with E-state index in [0.717, 1.165) is 55.4 Å². The number of nitrogens with zero attached hydrogens (tertiary/aromatic N) is 2. The van der Waals surface area contributed by atoms with Crippen LogP contribution in [0.2, 0.25) is 0 Å². The molecule has 12 rings (SSSR count). The van der Waals surface area contributed by atoms with E-state index in [4.69, 9.17) is 4.11 Å². The predicted octanol–water partition coefficient (Wildman–Crippen LogP) is 17.3. The van der Waals surface area contributed by atoms with Crippen LogP contribution in [-0.2, 0) is 37.9 Å². The van der Waals surface area contributed by atoms with Crippen LogP contribution in [0.4, 0.5) is 34.1 Å². The first-order chi connectivity index (χ1) is 34.4. The molecule has 0 N–H and O–H groups in total. The van der Waals surface area contributed by atoms with Crippen LogP contribution >= 0.6 is 11.3 Å². The maximum Gasteiger partial charge on any atom is 0.264 e. The van der Waals surface area contributed by atoms with E-state index in [1.807, 2.05) is 17.4 Å². The van der Waals surface area contributed by atoms with Crippen molar-refractivity contribution in [1.29, 1.82) is 0 Å². The molecule has 1 aromatic heterocycles. The number of fused-ring (bicyclic) bond motifs is 9. The zero-order valence-electron chi connectivity index (χ0n) is 48.4. The summed E-state index contributed by atoms with van der Waals surface area (Å²) >= 11 is 1.94. The number of rotatable bonds is 3. The third-order valence-corrected chi connectivity index (χ3v) is 20.1. The van der Waals surface area contributed by atoms with Crippen molar-refractivity contribution in [3.8, 4) is 11.1 Å². The van der Waals surface area contributed by atoms with Gasteiger partial charge in [0.05, 0.1) is 11.4 Å². The average Bonchev–Trinajstić information content (AvgIpc) is 3.70. The van der Waals surface area contributed by atoms with E-state index in [2.05, 4.69) is 211 Å². The van der Waals surface area contributed by atoms with Gasteiger partial charge in [-0.05, 0) is 193 Å². The Morgan fingerprint density at radius 2 is 1.04 bits per heavy atom. The molecule has 3 heterocycles. The molecule has 0 radical (unpaired) electrons. The van der Waals surface area contributed by atoms with Gasteiger partial charge in [-0.15, -0.1) is 11.3 Å². The lowest BCUT2D eigenvalue weighted by Gasteiger charge is -2.47. The van der Waals surface area contributed by atoms with Gasteiger partial charge in [0.1, 0.15) is 0 Å². The number of benzene rings is 6. The third-order valence-electron chi connectivity index (χ3n) is 18.9. The van der Waals surface area contributed by atoms with Gasteiger partial charge in [-0.25, -0.2) is 0 Å². The fraction of sp³-hybridized carbons (Fsp3) is 0.433. The van der Waals surface area contributed by atoms with E-state index in [1.54, 1.807) is 0 Å². The molecule has 0 atom stereocenters. The highest BCUT2D eigenvalue weighted by molar-refractivity contribution is 7.33. The quantitative estimate of drug-likeness (QED) is 0.163. The van der Waals surface area contributed by atoms with E-state index in [-0.39, 0.29) is 44.6 Å². The number of thiophene rings is 1. The van der Waals surface area contributed by atoms with Crippen molar-refractivity contribution in [2.24, 2.45) is 0 Å². The Kier molecular flexibility index (Phi) is 9.21. The van der Waals surface area contributed by atoms with Crippen molar-refractivity contribution in [3.63, 3.8) is 0 Å². The maximum absolute atomic E-state index is 8.95. The number of hydrogen-bond donors (Lipinski definition) is 0. The van der Waals surface area contributed by atoms with Crippen molar-refractivity contribution >= 4 is 78.0 Å². The summed E-state index contributed by atoms with van der Waals surface area (Å²) in [5, 5.41) is 1.29. The normalized spacial score (nSPS) is 21.2. The van der Waals surface area contributed by atoms with Crippen molar-refractivity contribution < 1.29 is 4.11 Å². The first-order valence-electron chi connectivity index (χ1n) is 28.3. The molecular weight excluding hydrogens is 876 g/mol. The van der Waals surface area contributed by atoms with Gasteiger partial charge in [-0.1, -0.05) is 158 Å².